The van der Waals surface area contributed by atoms with Crippen LogP contribution in [0.3, 0.4) is 0 Å². The number of oxime groups is 1. The molecule has 1 unspecified atom stereocenters. The molecule has 1 N–H and O–H groups in total. The van der Waals surface area contributed by atoms with Crippen LogP contribution in [0.25, 0.3) is 0 Å². The average Bonchev–Trinajstić information content (AvgIpc) is 2.54. The maximum atomic E-state index is 8.56. The Morgan fingerprint density at radius 3 is 3.36 bits per heavy atom. The molecule has 2 heterocycles. The first kappa shape index (κ1) is 6.33. The van der Waals surface area contributed by atoms with Crippen molar-refractivity contribution in [3.05, 3.63) is 12.2 Å². The molecule has 1 atom stereocenters. The molecule has 1 aromatic rings. The van der Waals surface area contributed by atoms with Gasteiger partial charge < -0.3 is 5.21 Å². The summed E-state index contributed by atoms with van der Waals surface area (Å²) in [7, 11) is 0. The smallest absolute Gasteiger partial charge is 0.176 e. The van der Waals surface area contributed by atoms with Crippen molar-refractivity contribution in [2.45, 2.75) is 19.4 Å². The van der Waals surface area contributed by atoms with Crippen LogP contribution >= 0.6 is 0 Å². The van der Waals surface area contributed by atoms with Crippen molar-refractivity contribution in [2.75, 3.05) is 0 Å². The SMILES string of the molecule is CC1CC(=NO)c2ncnn21. The van der Waals surface area contributed by atoms with E-state index in [0.717, 1.165) is 0 Å². The number of aromatic nitrogens is 3. The van der Waals surface area contributed by atoms with E-state index in [-0.39, 0.29) is 6.04 Å². The number of nitrogens with zero attached hydrogens (tertiary/aromatic N) is 4. The van der Waals surface area contributed by atoms with E-state index in [2.05, 4.69) is 15.2 Å². The Bertz CT molecular complexity index is 303. The highest BCUT2D eigenvalue weighted by Gasteiger charge is 2.26. The quantitative estimate of drug-likeness (QED) is 0.433. The van der Waals surface area contributed by atoms with E-state index >= 15 is 0 Å². The third kappa shape index (κ3) is 0.736. The fourth-order valence-electron chi connectivity index (χ4n) is 1.32. The molecule has 58 valence electrons. The summed E-state index contributed by atoms with van der Waals surface area (Å²) in [5.74, 6) is 0.681. The molecular weight excluding hydrogens is 144 g/mol. The van der Waals surface area contributed by atoms with E-state index in [9.17, 15) is 0 Å². The average molecular weight is 152 g/mol. The van der Waals surface area contributed by atoms with Gasteiger partial charge in [-0.25, -0.2) is 9.67 Å². The number of rotatable bonds is 0. The minimum Gasteiger partial charge on any atom is -0.411 e. The van der Waals surface area contributed by atoms with Crippen LogP contribution in [0.15, 0.2) is 11.5 Å². The molecule has 0 spiro atoms. The summed E-state index contributed by atoms with van der Waals surface area (Å²) >= 11 is 0. The highest BCUT2D eigenvalue weighted by atomic mass is 16.4. The molecule has 0 saturated heterocycles. The van der Waals surface area contributed by atoms with E-state index in [1.807, 2.05) is 6.92 Å². The fourth-order valence-corrected chi connectivity index (χ4v) is 1.32. The largest absolute Gasteiger partial charge is 0.411 e. The lowest BCUT2D eigenvalue weighted by atomic mass is 10.2. The van der Waals surface area contributed by atoms with Crippen molar-refractivity contribution >= 4 is 5.71 Å². The first-order chi connectivity index (χ1) is 5.33. The van der Waals surface area contributed by atoms with Crippen molar-refractivity contribution in [3.8, 4) is 0 Å². The molecule has 1 aliphatic rings. The van der Waals surface area contributed by atoms with Crippen LogP contribution in [0.5, 0.6) is 0 Å². The standard InChI is InChI=1S/C6H8N4O/c1-4-2-5(9-11)6-7-3-8-10(4)6/h3-4,11H,2H2,1H3. The van der Waals surface area contributed by atoms with Crippen LogP contribution in [-0.4, -0.2) is 25.7 Å². The van der Waals surface area contributed by atoms with Crippen LogP contribution in [-0.2, 0) is 0 Å². The number of hydrogen-bond acceptors (Lipinski definition) is 4. The molecule has 0 saturated carbocycles. The van der Waals surface area contributed by atoms with Gasteiger partial charge in [0.15, 0.2) is 5.82 Å². The molecule has 0 aromatic carbocycles. The summed E-state index contributed by atoms with van der Waals surface area (Å²) in [6.07, 6.45) is 2.18. The second-order valence-electron chi connectivity index (χ2n) is 2.63. The van der Waals surface area contributed by atoms with Gasteiger partial charge in [-0.3, -0.25) is 0 Å². The highest BCUT2D eigenvalue weighted by Crippen LogP contribution is 2.22. The van der Waals surface area contributed by atoms with Crippen LogP contribution in [0.1, 0.15) is 25.2 Å². The zero-order valence-electron chi connectivity index (χ0n) is 6.10. The maximum Gasteiger partial charge on any atom is 0.176 e. The maximum absolute atomic E-state index is 8.56. The van der Waals surface area contributed by atoms with Gasteiger partial charge in [-0.05, 0) is 6.92 Å². The summed E-state index contributed by atoms with van der Waals surface area (Å²) in [5, 5.41) is 15.7. The third-order valence-electron chi connectivity index (χ3n) is 1.86. The molecule has 0 fully saturated rings. The Kier molecular flexibility index (Phi) is 1.18. The van der Waals surface area contributed by atoms with E-state index in [0.29, 0.717) is 18.0 Å². The summed E-state index contributed by atoms with van der Waals surface area (Å²) < 4.78 is 1.76. The van der Waals surface area contributed by atoms with Gasteiger partial charge in [0, 0.05) is 6.42 Å². The van der Waals surface area contributed by atoms with Gasteiger partial charge in [0.2, 0.25) is 0 Å². The molecule has 1 aliphatic heterocycles. The van der Waals surface area contributed by atoms with E-state index in [4.69, 9.17) is 5.21 Å². The molecule has 2 rings (SSSR count). The molecule has 0 bridgehead atoms. The predicted octanol–water partition coefficient (Wildman–Crippen LogP) is 0.421. The van der Waals surface area contributed by atoms with Gasteiger partial charge in [0.1, 0.15) is 12.0 Å². The van der Waals surface area contributed by atoms with Crippen molar-refractivity contribution in [1.82, 2.24) is 14.8 Å². The molecule has 0 radical (unpaired) electrons. The van der Waals surface area contributed by atoms with Crippen molar-refractivity contribution in [2.24, 2.45) is 5.16 Å². The highest BCUT2D eigenvalue weighted by molar-refractivity contribution is 5.99. The van der Waals surface area contributed by atoms with Gasteiger partial charge >= 0.3 is 0 Å². The Labute approximate surface area is 63.4 Å². The van der Waals surface area contributed by atoms with Gasteiger partial charge in [-0.15, -0.1) is 0 Å². The van der Waals surface area contributed by atoms with Gasteiger partial charge in [-0.1, -0.05) is 5.16 Å². The van der Waals surface area contributed by atoms with E-state index in [1.54, 1.807) is 4.68 Å². The summed E-state index contributed by atoms with van der Waals surface area (Å²) in [6.45, 7) is 2.01. The van der Waals surface area contributed by atoms with E-state index in [1.165, 1.54) is 6.33 Å². The normalized spacial score (nSPS) is 25.9. The van der Waals surface area contributed by atoms with Gasteiger partial charge in [0.25, 0.3) is 0 Å². The van der Waals surface area contributed by atoms with Crippen LogP contribution < -0.4 is 0 Å². The summed E-state index contributed by atoms with van der Waals surface area (Å²) in [6, 6.07) is 0.262. The van der Waals surface area contributed by atoms with Crippen molar-refractivity contribution in [1.29, 1.82) is 0 Å². The summed E-state index contributed by atoms with van der Waals surface area (Å²) in [4.78, 5) is 3.96. The van der Waals surface area contributed by atoms with Crippen molar-refractivity contribution in [3.63, 3.8) is 0 Å². The Morgan fingerprint density at radius 1 is 1.82 bits per heavy atom. The zero-order valence-corrected chi connectivity index (χ0v) is 6.10. The Hall–Kier alpha value is -1.39. The molecule has 5 nitrogen and oxygen atoms in total. The first-order valence-electron chi connectivity index (χ1n) is 3.43. The second-order valence-corrected chi connectivity index (χ2v) is 2.63. The number of hydrogen-bond donors (Lipinski definition) is 1. The molecule has 0 aliphatic carbocycles. The lowest BCUT2D eigenvalue weighted by Crippen LogP contribution is -2.00. The second kappa shape index (κ2) is 2.05. The van der Waals surface area contributed by atoms with Gasteiger partial charge in [-0.2, -0.15) is 5.10 Å². The zero-order chi connectivity index (χ0) is 7.84. The minimum absolute atomic E-state index is 0.262. The molecular formula is C6H8N4O. The van der Waals surface area contributed by atoms with Crippen LogP contribution in [0.4, 0.5) is 0 Å². The lowest BCUT2D eigenvalue weighted by Gasteiger charge is -1.99. The van der Waals surface area contributed by atoms with Crippen molar-refractivity contribution < 1.29 is 5.21 Å². The van der Waals surface area contributed by atoms with E-state index < -0.39 is 0 Å². The predicted molar refractivity (Wildman–Crippen MR) is 37.7 cm³/mol. The Morgan fingerprint density at radius 2 is 2.64 bits per heavy atom. The molecule has 0 amide bonds. The third-order valence-corrected chi connectivity index (χ3v) is 1.86. The molecule has 5 heteroatoms. The van der Waals surface area contributed by atoms with Crippen LogP contribution in [0.2, 0.25) is 0 Å². The first-order valence-corrected chi connectivity index (χ1v) is 3.43. The van der Waals surface area contributed by atoms with Crippen LogP contribution in [0, 0.1) is 0 Å². The topological polar surface area (TPSA) is 63.3 Å². The number of fused-ring (bicyclic) bond motifs is 1. The summed E-state index contributed by atoms with van der Waals surface area (Å²) in [5.41, 5.74) is 0.620. The molecule has 1 aromatic heterocycles. The lowest BCUT2D eigenvalue weighted by molar-refractivity contribution is 0.318. The minimum atomic E-state index is 0.262. The van der Waals surface area contributed by atoms with Gasteiger partial charge in [0.05, 0.1) is 6.04 Å². The monoisotopic (exact) mass is 152 g/mol. The fraction of sp³-hybridized carbons (Fsp3) is 0.500. The Balaban J connectivity index is 2.54. The molecule has 11 heavy (non-hydrogen) atoms.